The lowest BCUT2D eigenvalue weighted by Crippen LogP contribution is -2.30. The van der Waals surface area contributed by atoms with E-state index in [-0.39, 0.29) is 5.56 Å². The lowest BCUT2D eigenvalue weighted by Gasteiger charge is -2.12. The summed E-state index contributed by atoms with van der Waals surface area (Å²) in [5.74, 6) is 0.363. The van der Waals surface area contributed by atoms with Crippen LogP contribution in [0.3, 0.4) is 0 Å². The molecule has 0 radical (unpaired) electrons. The SMILES string of the molecule is CNCc1cc(-c2ccc(CN)cc2)nn(CC(C)C)c1=O. The van der Waals surface area contributed by atoms with Crippen LogP contribution in [0.15, 0.2) is 35.1 Å². The zero-order chi connectivity index (χ0) is 16.1. The molecule has 1 heterocycles. The molecule has 2 rings (SSSR count). The van der Waals surface area contributed by atoms with Crippen LogP contribution in [-0.4, -0.2) is 16.8 Å². The molecule has 0 fully saturated rings. The highest BCUT2D eigenvalue weighted by atomic mass is 16.1. The van der Waals surface area contributed by atoms with Gasteiger partial charge in [0, 0.05) is 30.8 Å². The predicted octanol–water partition coefficient (Wildman–Crippen LogP) is 1.74. The highest BCUT2D eigenvalue weighted by Crippen LogP contribution is 2.17. The molecule has 3 N–H and O–H groups in total. The predicted molar refractivity (Wildman–Crippen MR) is 89.4 cm³/mol. The topological polar surface area (TPSA) is 72.9 Å². The molecular formula is C17H24N4O. The van der Waals surface area contributed by atoms with Gasteiger partial charge in [-0.05, 0) is 24.6 Å². The number of rotatable bonds is 6. The second-order valence-corrected chi connectivity index (χ2v) is 5.87. The van der Waals surface area contributed by atoms with E-state index < -0.39 is 0 Å². The zero-order valence-electron chi connectivity index (χ0n) is 13.5. The van der Waals surface area contributed by atoms with Crippen molar-refractivity contribution in [1.82, 2.24) is 15.1 Å². The number of nitrogens with one attached hydrogen (secondary N) is 1. The van der Waals surface area contributed by atoms with Crippen molar-refractivity contribution in [2.24, 2.45) is 11.7 Å². The largest absolute Gasteiger partial charge is 0.326 e. The van der Waals surface area contributed by atoms with Crippen LogP contribution in [0.2, 0.25) is 0 Å². The van der Waals surface area contributed by atoms with Gasteiger partial charge in [0.1, 0.15) is 0 Å². The van der Waals surface area contributed by atoms with Gasteiger partial charge in [0.2, 0.25) is 0 Å². The first-order valence-electron chi connectivity index (χ1n) is 7.60. The number of benzene rings is 1. The molecule has 1 aromatic heterocycles. The average molecular weight is 300 g/mol. The Balaban J connectivity index is 2.49. The van der Waals surface area contributed by atoms with E-state index in [2.05, 4.69) is 24.3 Å². The van der Waals surface area contributed by atoms with Crippen molar-refractivity contribution in [3.8, 4) is 11.3 Å². The molecule has 5 heteroatoms. The van der Waals surface area contributed by atoms with E-state index >= 15 is 0 Å². The van der Waals surface area contributed by atoms with Gasteiger partial charge < -0.3 is 11.1 Å². The summed E-state index contributed by atoms with van der Waals surface area (Å²) in [6, 6.07) is 9.85. The summed E-state index contributed by atoms with van der Waals surface area (Å²) in [7, 11) is 1.84. The van der Waals surface area contributed by atoms with Crippen molar-refractivity contribution in [3.63, 3.8) is 0 Å². The molecule has 0 unspecified atom stereocenters. The maximum Gasteiger partial charge on any atom is 0.271 e. The van der Waals surface area contributed by atoms with E-state index in [0.717, 1.165) is 22.4 Å². The molecule has 118 valence electrons. The monoisotopic (exact) mass is 300 g/mol. The summed E-state index contributed by atoms with van der Waals surface area (Å²) in [6.45, 7) is 5.83. The molecule has 0 atom stereocenters. The zero-order valence-corrected chi connectivity index (χ0v) is 13.5. The van der Waals surface area contributed by atoms with Crippen LogP contribution < -0.4 is 16.6 Å². The normalized spacial score (nSPS) is 11.1. The van der Waals surface area contributed by atoms with Gasteiger partial charge in [0.15, 0.2) is 0 Å². The molecular weight excluding hydrogens is 276 g/mol. The molecule has 0 aliphatic carbocycles. The van der Waals surface area contributed by atoms with Crippen molar-refractivity contribution < 1.29 is 0 Å². The summed E-state index contributed by atoms with van der Waals surface area (Å²) in [5, 5.41) is 7.57. The molecule has 22 heavy (non-hydrogen) atoms. The fraction of sp³-hybridized carbons (Fsp3) is 0.412. The minimum absolute atomic E-state index is 0.0228. The van der Waals surface area contributed by atoms with E-state index in [0.29, 0.717) is 25.6 Å². The Morgan fingerprint density at radius 1 is 1.27 bits per heavy atom. The molecule has 5 nitrogen and oxygen atoms in total. The summed E-state index contributed by atoms with van der Waals surface area (Å²) < 4.78 is 1.57. The van der Waals surface area contributed by atoms with E-state index in [1.54, 1.807) is 4.68 Å². The second-order valence-electron chi connectivity index (χ2n) is 5.87. The van der Waals surface area contributed by atoms with Gasteiger partial charge in [-0.25, -0.2) is 4.68 Å². The Hall–Kier alpha value is -1.98. The highest BCUT2D eigenvalue weighted by molar-refractivity contribution is 5.59. The minimum atomic E-state index is -0.0228. The Kier molecular flexibility index (Phi) is 5.46. The third-order valence-electron chi connectivity index (χ3n) is 3.44. The molecule has 0 spiro atoms. The van der Waals surface area contributed by atoms with Gasteiger partial charge in [0.25, 0.3) is 5.56 Å². The fourth-order valence-corrected chi connectivity index (χ4v) is 2.34. The molecule has 2 aromatic rings. The molecule has 0 saturated heterocycles. The molecule has 1 aromatic carbocycles. The third kappa shape index (κ3) is 3.81. The number of nitrogens with zero attached hydrogens (tertiary/aromatic N) is 2. The lowest BCUT2D eigenvalue weighted by molar-refractivity contribution is 0.461. The summed E-state index contributed by atoms with van der Waals surface area (Å²) in [6.07, 6.45) is 0. The number of aromatic nitrogens is 2. The Morgan fingerprint density at radius 3 is 2.50 bits per heavy atom. The van der Waals surface area contributed by atoms with E-state index in [1.807, 2.05) is 37.4 Å². The first-order chi connectivity index (χ1) is 10.5. The van der Waals surface area contributed by atoms with E-state index in [1.165, 1.54) is 0 Å². The van der Waals surface area contributed by atoms with Crippen LogP contribution in [0.1, 0.15) is 25.0 Å². The van der Waals surface area contributed by atoms with Gasteiger partial charge in [-0.1, -0.05) is 38.1 Å². The van der Waals surface area contributed by atoms with Gasteiger partial charge in [-0.15, -0.1) is 0 Å². The number of hydrogen-bond donors (Lipinski definition) is 2. The van der Waals surface area contributed by atoms with E-state index in [9.17, 15) is 4.79 Å². The first-order valence-corrected chi connectivity index (χ1v) is 7.60. The van der Waals surface area contributed by atoms with Gasteiger partial charge in [0.05, 0.1) is 5.69 Å². The van der Waals surface area contributed by atoms with Gasteiger partial charge in [-0.2, -0.15) is 5.10 Å². The van der Waals surface area contributed by atoms with Crippen molar-refractivity contribution in [2.75, 3.05) is 7.05 Å². The standard InChI is InChI=1S/C17H24N4O/c1-12(2)11-21-17(22)15(10-19-3)8-16(20-21)14-6-4-13(9-18)5-7-14/h4-8,12,19H,9-11,18H2,1-3H3. The van der Waals surface area contributed by atoms with Crippen molar-refractivity contribution in [1.29, 1.82) is 0 Å². The maximum absolute atomic E-state index is 12.4. The van der Waals surface area contributed by atoms with Crippen molar-refractivity contribution in [3.05, 3.63) is 51.8 Å². The molecule has 0 aliphatic rings. The Labute approximate surface area is 131 Å². The number of nitrogens with two attached hydrogens (primary N) is 1. The summed E-state index contributed by atoms with van der Waals surface area (Å²) in [5.41, 5.74) is 9.23. The molecule has 0 amide bonds. The Bertz CT molecular complexity index is 674. The van der Waals surface area contributed by atoms with Crippen LogP contribution in [0.5, 0.6) is 0 Å². The minimum Gasteiger partial charge on any atom is -0.326 e. The smallest absolute Gasteiger partial charge is 0.271 e. The first kappa shape index (κ1) is 16.4. The lowest BCUT2D eigenvalue weighted by atomic mass is 10.1. The van der Waals surface area contributed by atoms with Gasteiger partial charge in [-0.3, -0.25) is 4.79 Å². The number of hydrogen-bond acceptors (Lipinski definition) is 4. The van der Waals surface area contributed by atoms with Crippen molar-refractivity contribution >= 4 is 0 Å². The summed E-state index contributed by atoms with van der Waals surface area (Å²) >= 11 is 0. The third-order valence-corrected chi connectivity index (χ3v) is 3.44. The maximum atomic E-state index is 12.4. The van der Waals surface area contributed by atoms with Gasteiger partial charge >= 0.3 is 0 Å². The van der Waals surface area contributed by atoms with E-state index in [4.69, 9.17) is 5.73 Å². The summed E-state index contributed by atoms with van der Waals surface area (Å²) in [4.78, 5) is 12.4. The molecule has 0 saturated carbocycles. The highest BCUT2D eigenvalue weighted by Gasteiger charge is 2.10. The second kappa shape index (κ2) is 7.33. The van der Waals surface area contributed by atoms with Crippen LogP contribution in [-0.2, 0) is 19.6 Å². The van der Waals surface area contributed by atoms with Crippen molar-refractivity contribution in [2.45, 2.75) is 33.5 Å². The van der Waals surface area contributed by atoms with Crippen LogP contribution in [0.4, 0.5) is 0 Å². The molecule has 0 aliphatic heterocycles. The van der Waals surface area contributed by atoms with Crippen LogP contribution >= 0.6 is 0 Å². The quantitative estimate of drug-likeness (QED) is 0.852. The fourth-order valence-electron chi connectivity index (χ4n) is 2.34. The van der Waals surface area contributed by atoms with Crippen LogP contribution in [0, 0.1) is 5.92 Å². The van der Waals surface area contributed by atoms with Crippen LogP contribution in [0.25, 0.3) is 11.3 Å². The molecule has 0 bridgehead atoms. The average Bonchev–Trinajstić information content (AvgIpc) is 2.51. The Morgan fingerprint density at radius 2 is 1.95 bits per heavy atom.